The van der Waals surface area contributed by atoms with Crippen molar-refractivity contribution in [3.8, 4) is 33.4 Å². The van der Waals surface area contributed by atoms with E-state index >= 15 is 0 Å². The van der Waals surface area contributed by atoms with Gasteiger partial charge in [-0.25, -0.2) is 0 Å². The lowest BCUT2D eigenvalue weighted by Crippen LogP contribution is -2.47. The predicted molar refractivity (Wildman–Crippen MR) is 177 cm³/mol. The van der Waals surface area contributed by atoms with Crippen molar-refractivity contribution in [3.05, 3.63) is 121 Å². The lowest BCUT2D eigenvalue weighted by atomic mass is 9.64. The van der Waals surface area contributed by atoms with Gasteiger partial charge in [-0.1, -0.05) is 127 Å². The smallest absolute Gasteiger partial charge is 0.111 e. The molecule has 0 heterocycles. The second kappa shape index (κ2) is 9.65. The van der Waals surface area contributed by atoms with Crippen LogP contribution in [0.25, 0.3) is 65.7 Å². The van der Waals surface area contributed by atoms with Crippen molar-refractivity contribution in [2.24, 2.45) is 0 Å². The standard InChI is InChI=1S/C36H20B4/c37-31-20-30(34(38)36(40)35(31)39)33-28-13-5-3-11-26(28)32(27-12-4-6-14-29(27)33)23-18-16-22(17-19-23)25-15-7-9-21-8-1-2-10-24(21)25/h1-20H. The number of benzene rings is 7. The van der Waals surface area contributed by atoms with Gasteiger partial charge < -0.3 is 0 Å². The van der Waals surface area contributed by atoms with Crippen LogP contribution in [-0.4, -0.2) is 31.4 Å². The van der Waals surface area contributed by atoms with Crippen LogP contribution in [0.5, 0.6) is 0 Å². The summed E-state index contributed by atoms with van der Waals surface area (Å²) in [7, 11) is 25.2. The van der Waals surface area contributed by atoms with E-state index in [1.807, 2.05) is 18.2 Å². The first-order chi connectivity index (χ1) is 19.5. The van der Waals surface area contributed by atoms with Crippen LogP contribution in [0.4, 0.5) is 0 Å². The van der Waals surface area contributed by atoms with Crippen LogP contribution in [0, 0.1) is 0 Å². The quantitative estimate of drug-likeness (QED) is 0.230. The lowest BCUT2D eigenvalue weighted by Gasteiger charge is -2.22. The first-order valence-electron chi connectivity index (χ1n) is 13.3. The molecule has 7 aromatic carbocycles. The van der Waals surface area contributed by atoms with Crippen molar-refractivity contribution in [2.75, 3.05) is 0 Å². The zero-order chi connectivity index (χ0) is 27.4. The highest BCUT2D eigenvalue weighted by Crippen LogP contribution is 2.43. The Kier molecular flexibility index (Phi) is 5.93. The Morgan fingerprint density at radius 2 is 0.850 bits per heavy atom. The van der Waals surface area contributed by atoms with Crippen LogP contribution < -0.4 is 21.9 Å². The normalized spacial score (nSPS) is 11.4. The topological polar surface area (TPSA) is 0 Å². The lowest BCUT2D eigenvalue weighted by molar-refractivity contribution is 1.63. The van der Waals surface area contributed by atoms with Crippen molar-refractivity contribution in [1.29, 1.82) is 0 Å². The van der Waals surface area contributed by atoms with E-state index in [0.717, 1.165) is 38.2 Å². The molecule has 0 bridgehead atoms. The van der Waals surface area contributed by atoms with Gasteiger partial charge >= 0.3 is 0 Å². The van der Waals surface area contributed by atoms with E-state index in [1.54, 1.807) is 0 Å². The Hall–Kier alpha value is -4.42. The van der Waals surface area contributed by atoms with Gasteiger partial charge in [-0.2, -0.15) is 0 Å². The highest BCUT2D eigenvalue weighted by atomic mass is 14.2. The van der Waals surface area contributed by atoms with Gasteiger partial charge in [-0.05, 0) is 65.7 Å². The maximum absolute atomic E-state index is 6.57. The molecule has 0 nitrogen and oxygen atoms in total. The van der Waals surface area contributed by atoms with Gasteiger partial charge in [0, 0.05) is 0 Å². The molecule has 0 aromatic heterocycles. The molecule has 0 saturated heterocycles. The van der Waals surface area contributed by atoms with Crippen molar-refractivity contribution >= 4 is 85.6 Å². The summed E-state index contributed by atoms with van der Waals surface area (Å²) in [4.78, 5) is 0. The predicted octanol–water partition coefficient (Wildman–Crippen LogP) is 5.32. The van der Waals surface area contributed by atoms with E-state index < -0.39 is 0 Å². The van der Waals surface area contributed by atoms with Crippen molar-refractivity contribution < 1.29 is 0 Å². The van der Waals surface area contributed by atoms with Gasteiger partial charge in [0.1, 0.15) is 31.4 Å². The van der Waals surface area contributed by atoms with Crippen molar-refractivity contribution in [3.63, 3.8) is 0 Å². The largest absolute Gasteiger partial charge is 0.113 e. The average Bonchev–Trinajstić information content (AvgIpc) is 3.00. The second-order valence-electron chi connectivity index (χ2n) is 10.2. The monoisotopic (exact) mass is 496 g/mol. The summed E-state index contributed by atoms with van der Waals surface area (Å²) in [6, 6.07) is 42.5. The fourth-order valence-corrected chi connectivity index (χ4v) is 5.99. The van der Waals surface area contributed by atoms with E-state index in [1.165, 1.54) is 27.5 Å². The summed E-state index contributed by atoms with van der Waals surface area (Å²) >= 11 is 0. The Morgan fingerprint density at radius 1 is 0.350 bits per heavy atom. The third-order valence-electron chi connectivity index (χ3n) is 7.96. The van der Waals surface area contributed by atoms with Crippen LogP contribution >= 0.6 is 0 Å². The fourth-order valence-electron chi connectivity index (χ4n) is 5.99. The minimum absolute atomic E-state index is 0.316. The Morgan fingerprint density at radius 3 is 1.48 bits per heavy atom. The van der Waals surface area contributed by atoms with Gasteiger partial charge in [0.2, 0.25) is 0 Å². The third kappa shape index (κ3) is 3.82. The molecule has 0 N–H and O–H groups in total. The maximum atomic E-state index is 6.57. The molecular weight excluding hydrogens is 476 g/mol. The minimum atomic E-state index is 0.316. The molecule has 0 unspecified atom stereocenters. The van der Waals surface area contributed by atoms with Crippen LogP contribution in [-0.2, 0) is 0 Å². The molecule has 0 spiro atoms. The highest BCUT2D eigenvalue weighted by molar-refractivity contribution is 6.63. The third-order valence-corrected chi connectivity index (χ3v) is 7.96. The molecule has 176 valence electrons. The average molecular weight is 496 g/mol. The molecule has 0 fully saturated rings. The summed E-state index contributed by atoms with van der Waals surface area (Å²) in [5, 5.41) is 6.89. The molecule has 0 aliphatic carbocycles. The Bertz CT molecular complexity index is 2030. The Balaban J connectivity index is 1.49. The summed E-state index contributed by atoms with van der Waals surface area (Å²) < 4.78 is 0. The molecule has 40 heavy (non-hydrogen) atoms. The Labute approximate surface area is 239 Å². The molecule has 0 amide bonds. The summed E-state index contributed by atoms with van der Waals surface area (Å²) in [6.07, 6.45) is 0. The van der Waals surface area contributed by atoms with E-state index in [9.17, 15) is 0 Å². The number of hydrogen-bond donors (Lipinski definition) is 0. The first kappa shape index (κ1) is 24.6. The van der Waals surface area contributed by atoms with E-state index in [-0.39, 0.29) is 0 Å². The molecule has 8 radical (unpaired) electrons. The minimum Gasteiger partial charge on any atom is -0.111 e. The van der Waals surface area contributed by atoms with Crippen LogP contribution in [0.2, 0.25) is 0 Å². The molecule has 7 aromatic rings. The molecule has 0 saturated carbocycles. The molecule has 7 rings (SSSR count). The highest BCUT2D eigenvalue weighted by Gasteiger charge is 2.18. The molecule has 0 atom stereocenters. The zero-order valence-corrected chi connectivity index (χ0v) is 21.9. The zero-order valence-electron chi connectivity index (χ0n) is 21.9. The van der Waals surface area contributed by atoms with Crippen LogP contribution in [0.1, 0.15) is 0 Å². The van der Waals surface area contributed by atoms with Gasteiger partial charge in [-0.3, -0.25) is 0 Å². The van der Waals surface area contributed by atoms with Crippen LogP contribution in [0.3, 0.4) is 0 Å². The number of rotatable bonds is 3. The summed E-state index contributed by atoms with van der Waals surface area (Å²) in [5.74, 6) is 0. The van der Waals surface area contributed by atoms with Crippen LogP contribution in [0.15, 0.2) is 121 Å². The van der Waals surface area contributed by atoms with E-state index in [4.69, 9.17) is 31.4 Å². The second-order valence-corrected chi connectivity index (χ2v) is 10.2. The van der Waals surface area contributed by atoms with Gasteiger partial charge in [0.05, 0.1) is 0 Å². The van der Waals surface area contributed by atoms with E-state index in [0.29, 0.717) is 21.9 Å². The van der Waals surface area contributed by atoms with Crippen molar-refractivity contribution in [1.82, 2.24) is 0 Å². The maximum Gasteiger partial charge on any atom is 0.113 e. The SMILES string of the molecule is [B]c1cc(-c2c3ccccc3c(-c3ccc(-c4cccc5ccccc45)cc3)c3ccccc23)c([B])c([B])c1[B]. The first-order valence-corrected chi connectivity index (χ1v) is 13.3. The summed E-state index contributed by atoms with van der Waals surface area (Å²) in [5.41, 5.74) is 8.01. The molecule has 4 heteroatoms. The van der Waals surface area contributed by atoms with Gasteiger partial charge in [0.15, 0.2) is 0 Å². The number of hydrogen-bond acceptors (Lipinski definition) is 0. The molecular formula is C36H20B4. The fraction of sp³-hybridized carbons (Fsp3) is 0. The summed E-state index contributed by atoms with van der Waals surface area (Å²) in [6.45, 7) is 0. The van der Waals surface area contributed by atoms with Gasteiger partial charge in [0.25, 0.3) is 0 Å². The number of fused-ring (bicyclic) bond motifs is 3. The van der Waals surface area contributed by atoms with E-state index in [2.05, 4.69) is 103 Å². The molecule has 0 aliphatic rings. The molecule has 0 aliphatic heterocycles. The van der Waals surface area contributed by atoms with Gasteiger partial charge in [-0.15, -0.1) is 16.4 Å². The van der Waals surface area contributed by atoms with Crippen molar-refractivity contribution in [2.45, 2.75) is 0 Å².